The van der Waals surface area contributed by atoms with E-state index in [1.807, 2.05) is 0 Å². The van der Waals surface area contributed by atoms with Gasteiger partial charge >= 0.3 is 0 Å². The second kappa shape index (κ2) is 14.1. The molecular weight excluding hydrogens is 588 g/mol. The zero-order valence-electron chi connectivity index (χ0n) is 24.0. The fourth-order valence-corrected chi connectivity index (χ4v) is 4.75. The van der Waals surface area contributed by atoms with Crippen LogP contribution in [0, 0.1) is 0 Å². The summed E-state index contributed by atoms with van der Waals surface area (Å²) >= 11 is 0. The van der Waals surface area contributed by atoms with Crippen molar-refractivity contribution >= 4 is 11.9 Å². The van der Waals surface area contributed by atoms with Crippen LogP contribution < -0.4 is 14.2 Å². The van der Waals surface area contributed by atoms with Crippen LogP contribution in [0.15, 0.2) is 36.4 Å². The molecule has 2 aliphatic rings. The van der Waals surface area contributed by atoms with Gasteiger partial charge in [0.25, 0.3) is 0 Å². The van der Waals surface area contributed by atoms with Gasteiger partial charge in [0, 0.05) is 12.1 Å². The Morgan fingerprint density at radius 3 is 2.11 bits per heavy atom. The summed E-state index contributed by atoms with van der Waals surface area (Å²) in [5.74, 6) is -1.31. The van der Waals surface area contributed by atoms with Gasteiger partial charge in [-0.05, 0) is 30.7 Å². The molecule has 0 bridgehead atoms. The second-order valence-electron chi connectivity index (χ2n) is 10.3. The first-order valence-electron chi connectivity index (χ1n) is 13.5. The first-order chi connectivity index (χ1) is 20.9. The van der Waals surface area contributed by atoms with Gasteiger partial charge in [-0.1, -0.05) is 12.1 Å². The molecule has 0 amide bonds. The Labute approximate surface area is 251 Å². The van der Waals surface area contributed by atoms with Crippen molar-refractivity contribution in [3.05, 3.63) is 47.5 Å². The van der Waals surface area contributed by atoms with Crippen LogP contribution in [0.2, 0.25) is 0 Å². The van der Waals surface area contributed by atoms with Crippen molar-refractivity contribution < 1.29 is 74.1 Å². The third-order valence-corrected chi connectivity index (χ3v) is 7.31. The van der Waals surface area contributed by atoms with Crippen LogP contribution in [-0.2, 0) is 14.2 Å². The van der Waals surface area contributed by atoms with Crippen molar-refractivity contribution in [1.29, 1.82) is 0 Å². The number of methoxy groups -OCH3 is 2. The van der Waals surface area contributed by atoms with E-state index in [2.05, 4.69) is 0 Å². The summed E-state index contributed by atoms with van der Waals surface area (Å²) in [7, 11) is 2.65. The van der Waals surface area contributed by atoms with Gasteiger partial charge in [0.1, 0.15) is 65.5 Å². The van der Waals surface area contributed by atoms with E-state index in [1.54, 1.807) is 6.07 Å². The highest BCUT2D eigenvalue weighted by Crippen LogP contribution is 2.36. The fraction of sp³-hybridized carbons (Fsp3) is 0.483. The molecule has 15 heteroatoms. The summed E-state index contributed by atoms with van der Waals surface area (Å²) in [4.78, 5) is 12.9. The van der Waals surface area contributed by atoms with Crippen LogP contribution in [0.3, 0.4) is 0 Å². The summed E-state index contributed by atoms with van der Waals surface area (Å²) in [6.07, 6.45) is -12.4. The average molecular weight is 625 g/mol. The lowest BCUT2D eigenvalue weighted by molar-refractivity contribution is -0.318. The molecule has 4 rings (SSSR count). The number of carbonyl (C=O) groups excluding carboxylic acids is 1. The molecule has 242 valence electrons. The zero-order valence-corrected chi connectivity index (χ0v) is 24.0. The van der Waals surface area contributed by atoms with Crippen LogP contribution in [0.5, 0.6) is 28.7 Å². The van der Waals surface area contributed by atoms with E-state index in [9.17, 15) is 45.6 Å². The molecule has 0 aromatic heterocycles. The minimum Gasteiger partial charge on any atom is -0.507 e. The van der Waals surface area contributed by atoms with Gasteiger partial charge in [-0.2, -0.15) is 0 Å². The number of aliphatic hydroxyl groups excluding tert-OH is 6. The average Bonchev–Trinajstić information content (AvgIpc) is 3.00. The van der Waals surface area contributed by atoms with Crippen LogP contribution in [-0.4, -0.2) is 129 Å². The number of aliphatic hydroxyl groups is 6. The second-order valence-corrected chi connectivity index (χ2v) is 10.3. The number of ketones is 1. The van der Waals surface area contributed by atoms with Gasteiger partial charge in [0.15, 0.2) is 23.6 Å². The summed E-state index contributed by atoms with van der Waals surface area (Å²) in [6.45, 7) is 0.958. The van der Waals surface area contributed by atoms with E-state index in [-0.39, 0.29) is 28.6 Å². The van der Waals surface area contributed by atoms with Gasteiger partial charge in [-0.15, -0.1) is 0 Å². The summed E-state index contributed by atoms with van der Waals surface area (Å²) in [5, 5.41) is 82.0. The first kappa shape index (κ1) is 33.4. The Bertz CT molecular complexity index is 1330. The van der Waals surface area contributed by atoms with Gasteiger partial charge in [0.05, 0.1) is 26.9 Å². The molecule has 10 atom stereocenters. The van der Waals surface area contributed by atoms with E-state index in [0.717, 1.165) is 12.1 Å². The van der Waals surface area contributed by atoms with Crippen LogP contribution >= 0.6 is 0 Å². The lowest BCUT2D eigenvalue weighted by atomic mass is 9.98. The fourth-order valence-electron chi connectivity index (χ4n) is 4.75. The Hall–Kier alpha value is -3.51. The van der Waals surface area contributed by atoms with Crippen LogP contribution in [0.25, 0.3) is 6.08 Å². The Balaban J connectivity index is 1.46. The normalized spacial score (nSPS) is 32.4. The van der Waals surface area contributed by atoms with E-state index in [1.165, 1.54) is 45.4 Å². The summed E-state index contributed by atoms with van der Waals surface area (Å²) in [6, 6.07) is 6.80. The number of carbonyl (C=O) groups is 1. The number of allylic oxidation sites excluding steroid dienone is 1. The zero-order chi connectivity index (χ0) is 32.3. The highest BCUT2D eigenvalue weighted by atomic mass is 16.7. The van der Waals surface area contributed by atoms with E-state index in [0.29, 0.717) is 5.56 Å². The number of hydrogen-bond acceptors (Lipinski definition) is 15. The van der Waals surface area contributed by atoms with Crippen molar-refractivity contribution in [1.82, 2.24) is 0 Å². The molecule has 2 saturated heterocycles. The summed E-state index contributed by atoms with van der Waals surface area (Å²) in [5.41, 5.74) is 0.263. The molecule has 2 aromatic rings. The van der Waals surface area contributed by atoms with E-state index < -0.39 is 79.6 Å². The first-order valence-corrected chi connectivity index (χ1v) is 13.5. The minimum atomic E-state index is -1.77. The molecule has 15 nitrogen and oxygen atoms in total. The number of aromatic hydroxyl groups is 2. The van der Waals surface area contributed by atoms with Gasteiger partial charge < -0.3 is 69.3 Å². The van der Waals surface area contributed by atoms with Gasteiger partial charge in [0.2, 0.25) is 6.29 Å². The Kier molecular flexibility index (Phi) is 10.7. The maximum absolute atomic E-state index is 12.9. The molecule has 0 saturated carbocycles. The molecule has 44 heavy (non-hydrogen) atoms. The largest absolute Gasteiger partial charge is 0.507 e. The predicted octanol–water partition coefficient (Wildman–Crippen LogP) is -0.958. The number of hydrogen-bond donors (Lipinski definition) is 8. The lowest BCUT2D eigenvalue weighted by Crippen LogP contribution is -2.61. The highest BCUT2D eigenvalue weighted by Gasteiger charge is 2.47. The lowest BCUT2D eigenvalue weighted by Gasteiger charge is -2.42. The molecule has 0 radical (unpaired) electrons. The maximum atomic E-state index is 12.9. The molecule has 2 heterocycles. The van der Waals surface area contributed by atoms with E-state index >= 15 is 0 Å². The van der Waals surface area contributed by atoms with Gasteiger partial charge in [-0.25, -0.2) is 0 Å². The topological polar surface area (TPSA) is 234 Å². The van der Waals surface area contributed by atoms with Crippen molar-refractivity contribution in [2.45, 2.75) is 68.3 Å². The molecule has 2 aliphatic heterocycles. The smallest absolute Gasteiger partial charge is 0.229 e. The minimum absolute atomic E-state index is 0.101. The number of benzene rings is 2. The molecule has 0 spiro atoms. The molecule has 8 N–H and O–H groups in total. The molecular formula is C29H36O15. The van der Waals surface area contributed by atoms with Crippen molar-refractivity contribution in [3.8, 4) is 28.7 Å². The Morgan fingerprint density at radius 1 is 0.795 bits per heavy atom. The highest BCUT2D eigenvalue weighted by molar-refractivity contribution is 6.10. The number of ether oxygens (including phenoxy) is 6. The van der Waals surface area contributed by atoms with Crippen molar-refractivity contribution in [3.63, 3.8) is 0 Å². The predicted molar refractivity (Wildman–Crippen MR) is 148 cm³/mol. The summed E-state index contributed by atoms with van der Waals surface area (Å²) < 4.78 is 32.3. The monoisotopic (exact) mass is 624 g/mol. The third-order valence-electron chi connectivity index (χ3n) is 7.31. The quantitative estimate of drug-likeness (QED) is 0.117. The number of phenols is 2. The van der Waals surface area contributed by atoms with Crippen LogP contribution in [0.1, 0.15) is 22.8 Å². The van der Waals surface area contributed by atoms with E-state index in [4.69, 9.17) is 28.4 Å². The molecule has 2 aromatic carbocycles. The van der Waals surface area contributed by atoms with Gasteiger partial charge in [-0.3, -0.25) is 4.79 Å². The standard InChI is InChI=1S/C29H36O15/c1-12-22(33)24(35)26(37)28(42-12)41-11-20-23(34)25(36)27(38)29(44-20)43-14-9-17(32)21(19(10-14)40-3)15(30)6-4-13-5-7-18(39-2)16(31)8-13/h4-10,12,20,22-29,31-38H,11H2,1-3H3/b6-4+/t12-,20+,22-,23-,24+,25-,26+,27+,28+,29+/m0/s1. The molecule has 0 aliphatic carbocycles. The van der Waals surface area contributed by atoms with Crippen molar-refractivity contribution in [2.75, 3.05) is 20.8 Å². The number of rotatable bonds is 10. The SMILES string of the molecule is COc1ccc(/C=C/C(=O)c2c(O)cc(O[C@@H]3O[C@H](CO[C@@H]4O[C@@H](C)[C@H](O)[C@@H](O)[C@H]4O)[C@H](O)[C@H](O)[C@H]3O)cc2OC)cc1O. The maximum Gasteiger partial charge on any atom is 0.229 e. The third kappa shape index (κ3) is 7.07. The Morgan fingerprint density at radius 2 is 1.45 bits per heavy atom. The molecule has 0 unspecified atom stereocenters. The number of phenolic OH excluding ortho intramolecular Hbond substituents is 2. The van der Waals surface area contributed by atoms with Crippen LogP contribution in [0.4, 0.5) is 0 Å². The molecule has 2 fully saturated rings. The van der Waals surface area contributed by atoms with Crippen molar-refractivity contribution in [2.24, 2.45) is 0 Å².